The Hall–Kier alpha value is -3.29. The van der Waals surface area contributed by atoms with Crippen LogP contribution >= 0.6 is 0 Å². The number of likely N-dealkylation sites (tertiary alicyclic amines) is 1. The molecule has 8 heteroatoms. The number of amides is 2. The van der Waals surface area contributed by atoms with Gasteiger partial charge in [0.2, 0.25) is 11.9 Å². The highest BCUT2D eigenvalue weighted by molar-refractivity contribution is 5.97. The fourth-order valence-corrected chi connectivity index (χ4v) is 2.89. The van der Waals surface area contributed by atoms with Crippen molar-refractivity contribution in [3.8, 4) is 5.75 Å². The summed E-state index contributed by atoms with van der Waals surface area (Å²) in [6.45, 7) is 0.869. The van der Waals surface area contributed by atoms with E-state index in [1.807, 2.05) is 0 Å². The summed E-state index contributed by atoms with van der Waals surface area (Å²) in [7, 11) is 0. The number of rotatable bonds is 4. The molecule has 1 aliphatic heterocycles. The molecule has 3 rings (SSSR count). The Bertz CT molecular complexity index is 817. The molecule has 0 saturated carbocycles. The number of hydrogen-bond donors (Lipinski definition) is 2. The fourth-order valence-electron chi connectivity index (χ4n) is 2.89. The first-order valence-corrected chi connectivity index (χ1v) is 8.24. The molecule has 0 bridgehead atoms. The molecule has 0 spiro atoms. The average Bonchev–Trinajstić information content (AvgIpc) is 2.68. The summed E-state index contributed by atoms with van der Waals surface area (Å²) in [6, 6.07) is 5.85. The fraction of sp³-hybridized carbons (Fsp3) is 0.278. The lowest BCUT2D eigenvalue weighted by atomic mass is 9.95. The highest BCUT2D eigenvalue weighted by Gasteiger charge is 2.28. The third-order valence-corrected chi connectivity index (χ3v) is 4.36. The number of phenols is 1. The molecule has 1 aromatic heterocycles. The molecule has 0 unspecified atom stereocenters. The van der Waals surface area contributed by atoms with E-state index >= 15 is 0 Å². The first kappa shape index (κ1) is 17.5. The van der Waals surface area contributed by atoms with Crippen LogP contribution in [-0.2, 0) is 4.79 Å². The van der Waals surface area contributed by atoms with Gasteiger partial charge in [-0.25, -0.2) is 9.97 Å². The van der Waals surface area contributed by atoms with Gasteiger partial charge in [0.25, 0.3) is 5.91 Å². The topological polar surface area (TPSA) is 112 Å². The van der Waals surface area contributed by atoms with Crippen molar-refractivity contribution in [2.45, 2.75) is 12.8 Å². The number of carbonyl (C=O) groups is 3. The summed E-state index contributed by atoms with van der Waals surface area (Å²) in [5, 5.41) is 12.2. The summed E-state index contributed by atoms with van der Waals surface area (Å²) in [4.78, 5) is 45.3. The van der Waals surface area contributed by atoms with Crippen LogP contribution < -0.4 is 5.32 Å². The molecule has 0 radical (unpaired) electrons. The first-order valence-electron chi connectivity index (χ1n) is 8.24. The Labute approximate surface area is 149 Å². The molecule has 1 saturated heterocycles. The largest absolute Gasteiger partial charge is 0.507 e. The van der Waals surface area contributed by atoms with Crippen molar-refractivity contribution in [2.24, 2.45) is 5.92 Å². The van der Waals surface area contributed by atoms with Crippen LogP contribution in [0.5, 0.6) is 5.75 Å². The molecule has 8 nitrogen and oxygen atoms in total. The number of aldehydes is 1. The molecule has 2 N–H and O–H groups in total. The van der Waals surface area contributed by atoms with Gasteiger partial charge in [0, 0.05) is 37.0 Å². The van der Waals surface area contributed by atoms with Gasteiger partial charge < -0.3 is 10.0 Å². The monoisotopic (exact) mass is 354 g/mol. The van der Waals surface area contributed by atoms with Crippen molar-refractivity contribution >= 4 is 24.0 Å². The van der Waals surface area contributed by atoms with Crippen LogP contribution in [0.25, 0.3) is 0 Å². The third-order valence-electron chi connectivity index (χ3n) is 4.36. The van der Waals surface area contributed by atoms with Crippen LogP contribution in [0.1, 0.15) is 33.6 Å². The van der Waals surface area contributed by atoms with Crippen LogP contribution in [0, 0.1) is 5.92 Å². The zero-order valence-electron chi connectivity index (χ0n) is 14.0. The van der Waals surface area contributed by atoms with Crippen LogP contribution in [0.3, 0.4) is 0 Å². The van der Waals surface area contributed by atoms with Gasteiger partial charge in [0.1, 0.15) is 5.75 Å². The van der Waals surface area contributed by atoms with Gasteiger partial charge in [-0.05, 0) is 37.1 Å². The van der Waals surface area contributed by atoms with Gasteiger partial charge in [-0.1, -0.05) is 0 Å². The standard InChI is InChI=1S/C18H18N4O4/c23-11-14-10-13(2-3-15(14)24)17(26)22-8-4-12(5-9-22)16(25)21-18-19-6-1-7-20-18/h1-3,6-7,10-12,24H,4-5,8-9H2,(H,19,20,21,25). The van der Waals surface area contributed by atoms with Crippen molar-refractivity contribution in [3.05, 3.63) is 47.8 Å². The lowest BCUT2D eigenvalue weighted by Gasteiger charge is -2.31. The number of carbonyl (C=O) groups excluding carboxylic acids is 3. The second kappa shape index (κ2) is 7.73. The maximum absolute atomic E-state index is 12.6. The van der Waals surface area contributed by atoms with Crippen LogP contribution in [-0.4, -0.2) is 51.2 Å². The van der Waals surface area contributed by atoms with Crippen molar-refractivity contribution < 1.29 is 19.5 Å². The number of phenolic OH excluding ortho intramolecular Hbond substituents is 1. The summed E-state index contributed by atoms with van der Waals surface area (Å²) in [6.07, 6.45) is 4.67. The Morgan fingerprint density at radius 3 is 2.54 bits per heavy atom. The van der Waals surface area contributed by atoms with E-state index in [2.05, 4.69) is 15.3 Å². The number of anilines is 1. The highest BCUT2D eigenvalue weighted by Crippen LogP contribution is 2.22. The van der Waals surface area contributed by atoms with E-state index in [0.29, 0.717) is 37.8 Å². The summed E-state index contributed by atoms with van der Waals surface area (Å²) in [5.41, 5.74) is 0.415. The van der Waals surface area contributed by atoms with Gasteiger partial charge in [-0.3, -0.25) is 19.7 Å². The maximum Gasteiger partial charge on any atom is 0.253 e. The van der Waals surface area contributed by atoms with Gasteiger partial charge in [-0.2, -0.15) is 0 Å². The molecule has 2 heterocycles. The Kier molecular flexibility index (Phi) is 5.21. The molecule has 1 aromatic carbocycles. The minimum Gasteiger partial charge on any atom is -0.507 e. The zero-order valence-corrected chi connectivity index (χ0v) is 14.0. The second-order valence-corrected chi connectivity index (χ2v) is 6.02. The summed E-state index contributed by atoms with van der Waals surface area (Å²) in [5.74, 6) is -0.487. The molecule has 0 aliphatic carbocycles. The highest BCUT2D eigenvalue weighted by atomic mass is 16.3. The van der Waals surface area contributed by atoms with Crippen molar-refractivity contribution in [1.82, 2.24) is 14.9 Å². The van der Waals surface area contributed by atoms with Crippen molar-refractivity contribution in [2.75, 3.05) is 18.4 Å². The van der Waals surface area contributed by atoms with E-state index in [4.69, 9.17) is 0 Å². The molecular weight excluding hydrogens is 336 g/mol. The Morgan fingerprint density at radius 2 is 1.88 bits per heavy atom. The first-order chi connectivity index (χ1) is 12.6. The predicted octanol–water partition coefficient (Wildman–Crippen LogP) is 1.49. The van der Waals surface area contributed by atoms with E-state index < -0.39 is 0 Å². The molecule has 2 aromatic rings. The number of nitrogens with zero attached hydrogens (tertiary/aromatic N) is 3. The Morgan fingerprint density at radius 1 is 1.19 bits per heavy atom. The third kappa shape index (κ3) is 3.85. The molecular formula is C18H18N4O4. The minimum atomic E-state index is -0.224. The van der Waals surface area contributed by atoms with Crippen molar-refractivity contribution in [3.63, 3.8) is 0 Å². The van der Waals surface area contributed by atoms with Crippen LogP contribution in [0.4, 0.5) is 5.95 Å². The van der Waals surface area contributed by atoms with E-state index in [0.717, 1.165) is 0 Å². The molecule has 26 heavy (non-hydrogen) atoms. The number of aromatic hydroxyl groups is 1. The maximum atomic E-state index is 12.6. The number of piperidine rings is 1. The molecule has 2 amide bonds. The SMILES string of the molecule is O=Cc1cc(C(=O)N2CCC(C(=O)Nc3ncccn3)CC2)ccc1O. The number of hydrogen-bond acceptors (Lipinski definition) is 6. The quantitative estimate of drug-likeness (QED) is 0.804. The van der Waals surface area contributed by atoms with Gasteiger partial charge >= 0.3 is 0 Å². The number of aromatic nitrogens is 2. The predicted molar refractivity (Wildman–Crippen MR) is 92.8 cm³/mol. The normalized spacial score (nSPS) is 14.7. The van der Waals surface area contributed by atoms with Gasteiger partial charge in [-0.15, -0.1) is 0 Å². The van der Waals surface area contributed by atoms with E-state index in [1.54, 1.807) is 23.4 Å². The van der Waals surface area contributed by atoms with E-state index in [-0.39, 0.29) is 35.0 Å². The van der Waals surface area contributed by atoms with E-state index in [1.165, 1.54) is 18.2 Å². The Balaban J connectivity index is 1.58. The summed E-state index contributed by atoms with van der Waals surface area (Å²) >= 11 is 0. The molecule has 1 fully saturated rings. The minimum absolute atomic E-state index is 0.0768. The van der Waals surface area contributed by atoms with Crippen molar-refractivity contribution in [1.29, 1.82) is 0 Å². The number of benzene rings is 1. The molecule has 1 aliphatic rings. The molecule has 134 valence electrons. The smallest absolute Gasteiger partial charge is 0.253 e. The zero-order chi connectivity index (χ0) is 18.5. The average molecular weight is 354 g/mol. The lowest BCUT2D eigenvalue weighted by molar-refractivity contribution is -0.121. The second-order valence-electron chi connectivity index (χ2n) is 6.02. The lowest BCUT2D eigenvalue weighted by Crippen LogP contribution is -2.41. The summed E-state index contributed by atoms with van der Waals surface area (Å²) < 4.78 is 0. The van der Waals surface area contributed by atoms with E-state index in [9.17, 15) is 19.5 Å². The molecule has 0 atom stereocenters. The van der Waals surface area contributed by atoms with Crippen LogP contribution in [0.2, 0.25) is 0 Å². The van der Waals surface area contributed by atoms with Gasteiger partial charge in [0.15, 0.2) is 6.29 Å². The van der Waals surface area contributed by atoms with Crippen LogP contribution in [0.15, 0.2) is 36.7 Å². The number of nitrogens with one attached hydrogen (secondary N) is 1. The van der Waals surface area contributed by atoms with Gasteiger partial charge in [0.05, 0.1) is 5.56 Å².